The second-order valence-corrected chi connectivity index (χ2v) is 11.2. The molecule has 0 aliphatic rings. The summed E-state index contributed by atoms with van der Waals surface area (Å²) in [5.41, 5.74) is 1.01. The summed E-state index contributed by atoms with van der Waals surface area (Å²) in [5.74, 6) is 0. The van der Waals surface area contributed by atoms with E-state index in [-0.39, 0.29) is 0 Å². The summed E-state index contributed by atoms with van der Waals surface area (Å²) in [5, 5.41) is 4.50. The quantitative estimate of drug-likeness (QED) is 0.206. The van der Waals surface area contributed by atoms with Gasteiger partial charge in [-0.05, 0) is 72.4 Å². The predicted molar refractivity (Wildman–Crippen MR) is 148 cm³/mol. The van der Waals surface area contributed by atoms with Crippen molar-refractivity contribution in [2.75, 3.05) is 26.2 Å². The first-order chi connectivity index (χ1) is 16.9. The second kappa shape index (κ2) is 11.5. The van der Waals surface area contributed by atoms with Crippen molar-refractivity contribution >= 4 is 43.2 Å². The summed E-state index contributed by atoms with van der Waals surface area (Å²) in [4.78, 5) is 2.67. The maximum atomic E-state index is 13.9. The topological polar surface area (TPSA) is 40.6 Å². The van der Waals surface area contributed by atoms with Crippen molar-refractivity contribution in [1.29, 1.82) is 0 Å². The van der Waals surface area contributed by atoms with Gasteiger partial charge in [-0.25, -0.2) is 8.42 Å². The van der Waals surface area contributed by atoms with Crippen LogP contribution in [-0.2, 0) is 16.6 Å². The molecule has 4 aromatic carbocycles. The molecule has 4 rings (SSSR count). The molecule has 0 fully saturated rings. The van der Waals surface area contributed by atoms with Crippen LogP contribution in [0.3, 0.4) is 0 Å². The fourth-order valence-corrected chi connectivity index (χ4v) is 6.34. The molecule has 0 atom stereocenters. The number of unbranched alkanes of at least 4 members (excludes halogenated alkanes) is 1. The Labute approximate surface area is 214 Å². The third kappa shape index (κ3) is 5.87. The Hall–Kier alpha value is -2.44. The number of benzene rings is 4. The first-order valence-corrected chi connectivity index (χ1v) is 14.1. The van der Waals surface area contributed by atoms with Gasteiger partial charge in [-0.2, -0.15) is 4.31 Å². The van der Waals surface area contributed by atoms with E-state index >= 15 is 0 Å². The van der Waals surface area contributed by atoms with E-state index in [1.165, 1.54) is 0 Å². The lowest BCUT2D eigenvalue weighted by atomic mass is 10.0. The van der Waals surface area contributed by atoms with Crippen LogP contribution in [0.1, 0.15) is 32.3 Å². The smallest absolute Gasteiger partial charge is 0.243 e. The van der Waals surface area contributed by atoms with Crippen LogP contribution in [0.5, 0.6) is 0 Å². The minimum Gasteiger partial charge on any atom is -0.304 e. The highest BCUT2D eigenvalue weighted by Gasteiger charge is 2.25. The molecular weight excluding hydrogens is 476 g/mol. The summed E-state index contributed by atoms with van der Waals surface area (Å²) in [6, 6.07) is 25.0. The third-order valence-corrected chi connectivity index (χ3v) is 8.86. The molecule has 0 aromatic heterocycles. The minimum absolute atomic E-state index is 0.302. The number of rotatable bonds is 11. The van der Waals surface area contributed by atoms with Gasteiger partial charge in [-0.1, -0.05) is 86.1 Å². The van der Waals surface area contributed by atoms with Crippen LogP contribution in [0.25, 0.3) is 21.5 Å². The molecule has 35 heavy (non-hydrogen) atoms. The molecule has 0 amide bonds. The van der Waals surface area contributed by atoms with Crippen molar-refractivity contribution in [2.45, 2.75) is 38.1 Å². The van der Waals surface area contributed by atoms with E-state index in [9.17, 15) is 8.42 Å². The lowest BCUT2D eigenvalue weighted by molar-refractivity contribution is 0.289. The van der Waals surface area contributed by atoms with Gasteiger partial charge in [0.25, 0.3) is 0 Å². The van der Waals surface area contributed by atoms with E-state index < -0.39 is 10.0 Å². The average Bonchev–Trinajstić information content (AvgIpc) is 2.88. The Morgan fingerprint density at radius 3 is 2.23 bits per heavy atom. The van der Waals surface area contributed by atoms with Gasteiger partial charge < -0.3 is 4.90 Å². The average molecular weight is 509 g/mol. The van der Waals surface area contributed by atoms with E-state index in [0.29, 0.717) is 23.0 Å². The van der Waals surface area contributed by atoms with Gasteiger partial charge >= 0.3 is 0 Å². The normalized spacial score (nSPS) is 12.3. The Balaban J connectivity index is 1.65. The van der Waals surface area contributed by atoms with Crippen LogP contribution in [0.2, 0.25) is 5.02 Å². The maximum Gasteiger partial charge on any atom is 0.243 e. The molecule has 0 aliphatic heterocycles. The molecule has 4 nitrogen and oxygen atoms in total. The van der Waals surface area contributed by atoms with E-state index in [4.69, 9.17) is 11.6 Å². The van der Waals surface area contributed by atoms with Crippen LogP contribution >= 0.6 is 11.6 Å². The molecule has 0 heterocycles. The first kappa shape index (κ1) is 25.6. The number of hydrogen-bond donors (Lipinski definition) is 0. The molecule has 0 spiro atoms. The molecule has 0 saturated heterocycles. The zero-order valence-corrected chi connectivity index (χ0v) is 22.0. The van der Waals surface area contributed by atoms with Crippen LogP contribution in [0.4, 0.5) is 0 Å². The zero-order valence-electron chi connectivity index (χ0n) is 20.5. The Bertz CT molecular complexity index is 1400. The molecule has 6 heteroatoms. The van der Waals surface area contributed by atoms with Crippen LogP contribution in [0, 0.1) is 0 Å². The Morgan fingerprint density at radius 2 is 1.43 bits per heavy atom. The molecule has 0 unspecified atom stereocenters. The lowest BCUT2D eigenvalue weighted by Gasteiger charge is -2.24. The monoisotopic (exact) mass is 508 g/mol. The van der Waals surface area contributed by atoms with Crippen molar-refractivity contribution in [3.8, 4) is 0 Å². The lowest BCUT2D eigenvalue weighted by Crippen LogP contribution is -2.32. The van der Waals surface area contributed by atoms with Crippen molar-refractivity contribution in [2.24, 2.45) is 0 Å². The largest absolute Gasteiger partial charge is 0.304 e. The summed E-state index contributed by atoms with van der Waals surface area (Å²) in [7, 11) is -3.71. The summed E-state index contributed by atoms with van der Waals surface area (Å²) in [6.07, 6.45) is 1.76. The minimum atomic E-state index is -3.71. The number of sulfonamides is 1. The van der Waals surface area contributed by atoms with Crippen molar-refractivity contribution in [3.05, 3.63) is 89.4 Å². The second-order valence-electron chi connectivity index (χ2n) is 8.83. The Morgan fingerprint density at radius 1 is 0.743 bits per heavy atom. The standard InChI is InChI=1S/C29H33ClN2O2S/c1-3-31(4-2)19-7-8-20-32(22-25-14-9-12-23-11-5-6-15-27(23)25)35(33,34)26-17-18-28-24(21-26)13-10-16-29(28)30/h5-6,9-18,21H,3-4,7-8,19-20,22H2,1-2H3. The molecular formula is C29H33ClN2O2S. The highest BCUT2D eigenvalue weighted by atomic mass is 35.5. The van der Waals surface area contributed by atoms with Gasteiger partial charge in [0.05, 0.1) is 4.90 Å². The van der Waals surface area contributed by atoms with E-state index in [0.717, 1.165) is 59.6 Å². The predicted octanol–water partition coefficient (Wildman–Crippen LogP) is 6.96. The third-order valence-electron chi connectivity index (χ3n) is 6.69. The SMILES string of the molecule is CCN(CC)CCCCN(Cc1cccc2ccccc12)S(=O)(=O)c1ccc2c(Cl)cccc2c1. The van der Waals surface area contributed by atoms with Crippen LogP contribution in [0.15, 0.2) is 83.8 Å². The summed E-state index contributed by atoms with van der Waals surface area (Å²) < 4.78 is 29.5. The number of fused-ring (bicyclic) bond motifs is 2. The first-order valence-electron chi connectivity index (χ1n) is 12.3. The molecule has 184 valence electrons. The zero-order chi connectivity index (χ0) is 24.8. The molecule has 0 aliphatic carbocycles. The molecule has 4 aromatic rings. The molecule has 0 radical (unpaired) electrons. The van der Waals surface area contributed by atoms with Crippen LogP contribution < -0.4 is 0 Å². The van der Waals surface area contributed by atoms with Gasteiger partial charge in [0.15, 0.2) is 0 Å². The number of nitrogens with zero attached hydrogens (tertiary/aromatic N) is 2. The van der Waals surface area contributed by atoms with Gasteiger partial charge in [0, 0.05) is 23.5 Å². The fraction of sp³-hybridized carbons (Fsp3) is 0.310. The van der Waals surface area contributed by atoms with E-state index in [2.05, 4.69) is 36.9 Å². The van der Waals surface area contributed by atoms with Gasteiger partial charge in [0.2, 0.25) is 10.0 Å². The van der Waals surface area contributed by atoms with Crippen molar-refractivity contribution in [1.82, 2.24) is 9.21 Å². The van der Waals surface area contributed by atoms with Crippen molar-refractivity contribution in [3.63, 3.8) is 0 Å². The summed E-state index contributed by atoms with van der Waals surface area (Å²) >= 11 is 6.32. The maximum absolute atomic E-state index is 13.9. The van der Waals surface area contributed by atoms with Crippen molar-refractivity contribution < 1.29 is 8.42 Å². The number of hydrogen-bond acceptors (Lipinski definition) is 3. The fourth-order valence-electron chi connectivity index (χ4n) is 4.60. The summed E-state index contributed by atoms with van der Waals surface area (Å²) in [6.45, 7) is 8.12. The number of halogens is 1. The Kier molecular flexibility index (Phi) is 8.45. The van der Waals surface area contributed by atoms with Gasteiger partial charge in [0.1, 0.15) is 0 Å². The molecule has 0 saturated carbocycles. The molecule has 0 bridgehead atoms. The van der Waals surface area contributed by atoms with Gasteiger partial charge in [-0.3, -0.25) is 0 Å². The highest BCUT2D eigenvalue weighted by Crippen LogP contribution is 2.29. The van der Waals surface area contributed by atoms with Gasteiger partial charge in [-0.15, -0.1) is 0 Å². The van der Waals surface area contributed by atoms with Crippen LogP contribution in [-0.4, -0.2) is 43.8 Å². The highest BCUT2D eigenvalue weighted by molar-refractivity contribution is 7.89. The molecule has 0 N–H and O–H groups in total. The van der Waals surface area contributed by atoms with E-state index in [1.54, 1.807) is 22.5 Å². The van der Waals surface area contributed by atoms with E-state index in [1.807, 2.05) is 42.5 Å².